The summed E-state index contributed by atoms with van der Waals surface area (Å²) in [5.74, 6) is 1.77. The van der Waals surface area contributed by atoms with Crippen LogP contribution in [0.4, 0.5) is 0 Å². The number of rotatable bonds is 8. The highest BCUT2D eigenvalue weighted by Gasteiger charge is 2.27. The fraction of sp³-hybridized carbons (Fsp3) is 0.571. The van der Waals surface area contributed by atoms with Crippen molar-refractivity contribution in [2.75, 3.05) is 6.61 Å². The zero-order valence-corrected chi connectivity index (χ0v) is 17.3. The highest BCUT2D eigenvalue weighted by atomic mass is 16.5. The molecule has 27 heavy (non-hydrogen) atoms. The van der Waals surface area contributed by atoms with Gasteiger partial charge in [0.25, 0.3) is 0 Å². The van der Waals surface area contributed by atoms with Crippen LogP contribution in [0.15, 0.2) is 28.8 Å². The summed E-state index contributed by atoms with van der Waals surface area (Å²) in [5.41, 5.74) is 0.747. The second kappa shape index (κ2) is 8.55. The van der Waals surface area contributed by atoms with Gasteiger partial charge in [0.05, 0.1) is 6.61 Å². The first kappa shape index (κ1) is 20.9. The van der Waals surface area contributed by atoms with Crippen molar-refractivity contribution in [3.05, 3.63) is 30.2 Å². The lowest BCUT2D eigenvalue weighted by molar-refractivity contribution is -0.123. The zero-order chi connectivity index (χ0) is 20.1. The summed E-state index contributed by atoms with van der Waals surface area (Å²) in [7, 11) is 0. The number of nitrogens with one attached hydrogen (secondary N) is 1. The van der Waals surface area contributed by atoms with E-state index in [0.717, 1.165) is 17.7 Å². The molecule has 0 bridgehead atoms. The molecule has 0 aliphatic rings. The lowest BCUT2D eigenvalue weighted by Crippen LogP contribution is -2.45. The van der Waals surface area contributed by atoms with Crippen LogP contribution in [0.2, 0.25) is 0 Å². The van der Waals surface area contributed by atoms with Crippen molar-refractivity contribution in [1.82, 2.24) is 15.5 Å². The molecule has 0 spiro atoms. The maximum Gasteiger partial charge on any atom is 0.227 e. The third-order valence-electron chi connectivity index (χ3n) is 3.91. The molecule has 0 unspecified atom stereocenters. The quantitative estimate of drug-likeness (QED) is 0.742. The predicted octanol–water partition coefficient (Wildman–Crippen LogP) is 4.40. The predicted molar refractivity (Wildman–Crippen MR) is 106 cm³/mol. The van der Waals surface area contributed by atoms with Crippen LogP contribution in [0.5, 0.6) is 5.75 Å². The van der Waals surface area contributed by atoms with Gasteiger partial charge >= 0.3 is 0 Å². The monoisotopic (exact) mass is 373 g/mol. The van der Waals surface area contributed by atoms with E-state index in [1.807, 2.05) is 45.0 Å². The van der Waals surface area contributed by atoms with Crippen LogP contribution in [0.1, 0.15) is 60.3 Å². The lowest BCUT2D eigenvalue weighted by Gasteiger charge is -2.33. The Balaban J connectivity index is 1.89. The molecule has 0 atom stereocenters. The van der Waals surface area contributed by atoms with E-state index in [9.17, 15) is 4.79 Å². The number of carbonyl (C=O) groups is 1. The van der Waals surface area contributed by atoms with Crippen LogP contribution in [-0.4, -0.2) is 28.2 Å². The molecule has 0 aliphatic carbocycles. The van der Waals surface area contributed by atoms with Crippen LogP contribution in [0.3, 0.4) is 0 Å². The Bertz CT molecular complexity index is 743. The molecule has 0 saturated heterocycles. The van der Waals surface area contributed by atoms with Gasteiger partial charge in [-0.15, -0.1) is 0 Å². The molecule has 0 radical (unpaired) electrons. The Morgan fingerprint density at radius 2 is 1.81 bits per heavy atom. The number of ether oxygens (including phenoxy) is 1. The molecule has 1 amide bonds. The molecule has 148 valence electrons. The summed E-state index contributed by atoms with van der Waals surface area (Å²) in [5, 5.41) is 7.10. The van der Waals surface area contributed by atoms with Crippen molar-refractivity contribution in [2.45, 2.75) is 66.3 Å². The van der Waals surface area contributed by atoms with E-state index in [1.165, 1.54) is 0 Å². The number of aromatic nitrogens is 2. The second-order valence-corrected chi connectivity index (χ2v) is 8.64. The Hall–Kier alpha value is -2.37. The summed E-state index contributed by atoms with van der Waals surface area (Å²) in [4.78, 5) is 16.7. The Morgan fingerprint density at radius 3 is 2.41 bits per heavy atom. The van der Waals surface area contributed by atoms with Crippen molar-refractivity contribution in [3.8, 4) is 17.1 Å². The van der Waals surface area contributed by atoms with Gasteiger partial charge in [0.1, 0.15) is 5.75 Å². The van der Waals surface area contributed by atoms with Gasteiger partial charge in [-0.05, 0) is 56.9 Å². The molecule has 2 aromatic rings. The van der Waals surface area contributed by atoms with Gasteiger partial charge in [-0.3, -0.25) is 4.79 Å². The van der Waals surface area contributed by atoms with Gasteiger partial charge in [-0.1, -0.05) is 25.9 Å². The maximum atomic E-state index is 12.3. The molecule has 2 rings (SSSR count). The molecule has 6 heteroatoms. The minimum absolute atomic E-state index is 0.00920. The van der Waals surface area contributed by atoms with Gasteiger partial charge in [-0.2, -0.15) is 4.98 Å². The number of hydrogen-bond donors (Lipinski definition) is 1. The SMILES string of the molecule is CCOc1ccc(-c2noc(CCC(=O)NC(C)(C)CC(C)(C)C)n2)cc1. The number of benzene rings is 1. The van der Waals surface area contributed by atoms with E-state index in [0.29, 0.717) is 31.2 Å². The highest BCUT2D eigenvalue weighted by molar-refractivity contribution is 5.76. The number of nitrogens with zero attached hydrogens (tertiary/aromatic N) is 2. The molecule has 0 saturated carbocycles. The molecule has 6 nitrogen and oxygen atoms in total. The summed E-state index contributed by atoms with van der Waals surface area (Å²) in [6.07, 6.45) is 1.63. The van der Waals surface area contributed by atoms with Crippen molar-refractivity contribution >= 4 is 5.91 Å². The summed E-state index contributed by atoms with van der Waals surface area (Å²) in [6, 6.07) is 7.53. The van der Waals surface area contributed by atoms with Gasteiger partial charge in [0.15, 0.2) is 0 Å². The average Bonchev–Trinajstić information content (AvgIpc) is 3.00. The van der Waals surface area contributed by atoms with Gasteiger partial charge in [-0.25, -0.2) is 0 Å². The fourth-order valence-electron chi connectivity index (χ4n) is 3.37. The molecule has 1 aromatic carbocycles. The minimum Gasteiger partial charge on any atom is -0.494 e. The van der Waals surface area contributed by atoms with Crippen LogP contribution in [0, 0.1) is 5.41 Å². The normalized spacial score (nSPS) is 12.1. The molecule has 0 aliphatic heterocycles. The zero-order valence-electron chi connectivity index (χ0n) is 17.3. The first-order valence-corrected chi connectivity index (χ1v) is 9.45. The van der Waals surface area contributed by atoms with Crippen LogP contribution in [-0.2, 0) is 11.2 Å². The van der Waals surface area contributed by atoms with Crippen LogP contribution >= 0.6 is 0 Å². The van der Waals surface area contributed by atoms with E-state index in [4.69, 9.17) is 9.26 Å². The third kappa shape index (κ3) is 7.04. The molecule has 0 fully saturated rings. The Kier molecular flexibility index (Phi) is 6.63. The summed E-state index contributed by atoms with van der Waals surface area (Å²) >= 11 is 0. The molecule has 1 aromatic heterocycles. The van der Waals surface area contributed by atoms with Crippen molar-refractivity contribution in [2.24, 2.45) is 5.41 Å². The first-order chi connectivity index (χ1) is 12.6. The molecule has 1 N–H and O–H groups in total. The van der Waals surface area contributed by atoms with Crippen LogP contribution in [0.25, 0.3) is 11.4 Å². The van der Waals surface area contributed by atoms with E-state index in [-0.39, 0.29) is 16.9 Å². The maximum absolute atomic E-state index is 12.3. The van der Waals surface area contributed by atoms with E-state index >= 15 is 0 Å². The third-order valence-corrected chi connectivity index (χ3v) is 3.91. The first-order valence-electron chi connectivity index (χ1n) is 9.45. The van der Waals surface area contributed by atoms with Crippen LogP contribution < -0.4 is 10.1 Å². The highest BCUT2D eigenvalue weighted by Crippen LogP contribution is 2.27. The Morgan fingerprint density at radius 1 is 1.15 bits per heavy atom. The topological polar surface area (TPSA) is 77.2 Å². The van der Waals surface area contributed by atoms with E-state index in [1.54, 1.807) is 0 Å². The van der Waals surface area contributed by atoms with E-state index in [2.05, 4.69) is 36.2 Å². The number of hydrogen-bond acceptors (Lipinski definition) is 5. The van der Waals surface area contributed by atoms with Gasteiger partial charge < -0.3 is 14.6 Å². The number of carbonyl (C=O) groups excluding carboxylic acids is 1. The van der Waals surface area contributed by atoms with Crippen molar-refractivity contribution in [3.63, 3.8) is 0 Å². The largest absolute Gasteiger partial charge is 0.494 e. The Labute approximate surface area is 161 Å². The standard InChI is InChI=1S/C21H31N3O3/c1-7-26-16-10-8-15(9-11-16)19-22-18(27-24-19)13-12-17(25)23-21(5,6)14-20(2,3)4/h8-11H,7,12-14H2,1-6H3,(H,23,25). The second-order valence-electron chi connectivity index (χ2n) is 8.64. The summed E-state index contributed by atoms with van der Waals surface area (Å²) in [6.45, 7) is 13.2. The van der Waals surface area contributed by atoms with E-state index < -0.39 is 0 Å². The molecular weight excluding hydrogens is 342 g/mol. The number of amides is 1. The lowest BCUT2D eigenvalue weighted by atomic mass is 9.82. The summed E-state index contributed by atoms with van der Waals surface area (Å²) < 4.78 is 10.7. The molecular formula is C21H31N3O3. The van der Waals surface area contributed by atoms with Crippen molar-refractivity contribution in [1.29, 1.82) is 0 Å². The van der Waals surface area contributed by atoms with Crippen molar-refractivity contribution < 1.29 is 14.1 Å². The van der Waals surface area contributed by atoms with Gasteiger partial charge in [0.2, 0.25) is 17.6 Å². The van der Waals surface area contributed by atoms with Gasteiger partial charge in [0, 0.05) is 23.9 Å². The average molecular weight is 373 g/mol. The number of aryl methyl sites for hydroxylation is 1. The fourth-order valence-corrected chi connectivity index (χ4v) is 3.37. The minimum atomic E-state index is -0.252. The smallest absolute Gasteiger partial charge is 0.227 e. The molecule has 1 heterocycles.